The minimum Gasteiger partial charge on any atom is -0.496 e. The van der Waals surface area contributed by atoms with Gasteiger partial charge in [-0.15, -0.1) is 0 Å². The zero-order valence-corrected chi connectivity index (χ0v) is 16.4. The molecule has 0 amide bonds. The van der Waals surface area contributed by atoms with E-state index in [1.54, 1.807) is 7.11 Å². The Labute approximate surface area is 166 Å². The molecule has 5 rings (SSSR count). The van der Waals surface area contributed by atoms with E-state index < -0.39 is 6.10 Å². The Balaban J connectivity index is 1.38. The number of aromatic nitrogens is 2. The van der Waals surface area contributed by atoms with E-state index in [9.17, 15) is 5.11 Å². The van der Waals surface area contributed by atoms with Crippen molar-refractivity contribution < 1.29 is 9.84 Å². The van der Waals surface area contributed by atoms with Gasteiger partial charge in [0.05, 0.1) is 31.3 Å². The van der Waals surface area contributed by atoms with Crippen molar-refractivity contribution in [1.29, 1.82) is 0 Å². The Morgan fingerprint density at radius 2 is 1.71 bits per heavy atom. The second-order valence-corrected chi connectivity index (χ2v) is 8.44. The van der Waals surface area contributed by atoms with Crippen LogP contribution in [0.1, 0.15) is 73.2 Å². The Morgan fingerprint density at radius 1 is 1.00 bits per heavy atom. The molecule has 0 spiro atoms. The number of rotatable bonds is 5. The summed E-state index contributed by atoms with van der Waals surface area (Å²) in [6.45, 7) is 0. The van der Waals surface area contributed by atoms with Gasteiger partial charge in [-0.1, -0.05) is 18.2 Å². The van der Waals surface area contributed by atoms with Crippen LogP contribution in [-0.4, -0.2) is 21.6 Å². The molecule has 0 aliphatic heterocycles. The van der Waals surface area contributed by atoms with Crippen LogP contribution in [0.25, 0.3) is 5.52 Å². The molecule has 2 aromatic heterocycles. The van der Waals surface area contributed by atoms with Crippen LogP contribution in [0.4, 0.5) is 0 Å². The topological polar surface area (TPSA) is 46.8 Å². The lowest BCUT2D eigenvalue weighted by atomic mass is 9.74. The van der Waals surface area contributed by atoms with E-state index in [1.807, 2.05) is 23.0 Å². The number of aliphatic hydroxyl groups excluding tert-OH is 1. The minimum atomic E-state index is -0.408. The minimum absolute atomic E-state index is 0.310. The number of benzene rings is 1. The summed E-state index contributed by atoms with van der Waals surface area (Å²) in [4.78, 5) is 4.32. The molecule has 1 N–H and O–H groups in total. The third-order valence-electron chi connectivity index (χ3n) is 6.78. The monoisotopic (exact) mass is 376 g/mol. The molecule has 0 radical (unpaired) electrons. The molecule has 4 heteroatoms. The van der Waals surface area contributed by atoms with Gasteiger partial charge in [-0.3, -0.25) is 0 Å². The molecule has 4 nitrogen and oxygen atoms in total. The highest BCUT2D eigenvalue weighted by molar-refractivity contribution is 5.59. The summed E-state index contributed by atoms with van der Waals surface area (Å²) in [5.74, 6) is 2.44. The highest BCUT2D eigenvalue weighted by atomic mass is 16.5. The van der Waals surface area contributed by atoms with Gasteiger partial charge in [0.25, 0.3) is 0 Å². The van der Waals surface area contributed by atoms with Gasteiger partial charge in [0.15, 0.2) is 0 Å². The summed E-state index contributed by atoms with van der Waals surface area (Å²) in [5, 5.41) is 11.4. The quantitative estimate of drug-likeness (QED) is 0.663. The molecule has 2 aliphatic carbocycles. The second kappa shape index (κ2) is 7.25. The predicted octanol–water partition coefficient (Wildman–Crippen LogP) is 5.23. The summed E-state index contributed by atoms with van der Waals surface area (Å²) in [7, 11) is 1.75. The molecule has 0 saturated heterocycles. The maximum atomic E-state index is 11.4. The number of ether oxygens (including phenoxy) is 1. The molecular formula is C24H28N2O2. The number of aliphatic hydroxyl groups is 1. The maximum Gasteiger partial charge on any atom is 0.122 e. The van der Waals surface area contributed by atoms with Crippen molar-refractivity contribution in [2.45, 2.75) is 56.5 Å². The molecule has 2 aliphatic rings. The molecule has 2 heterocycles. The number of hydrogen-bond acceptors (Lipinski definition) is 3. The van der Waals surface area contributed by atoms with E-state index in [-0.39, 0.29) is 0 Å². The van der Waals surface area contributed by atoms with Crippen LogP contribution >= 0.6 is 0 Å². The van der Waals surface area contributed by atoms with E-state index in [1.165, 1.54) is 24.0 Å². The van der Waals surface area contributed by atoms with Gasteiger partial charge in [0.2, 0.25) is 0 Å². The first kappa shape index (κ1) is 17.7. The Kier molecular flexibility index (Phi) is 4.59. The van der Waals surface area contributed by atoms with Gasteiger partial charge >= 0.3 is 0 Å². The largest absolute Gasteiger partial charge is 0.496 e. The number of imidazole rings is 1. The fraction of sp³-hybridized carbons (Fsp3) is 0.458. The van der Waals surface area contributed by atoms with Crippen molar-refractivity contribution in [1.82, 2.24) is 9.38 Å². The van der Waals surface area contributed by atoms with Crippen LogP contribution in [0.3, 0.4) is 0 Å². The number of hydrogen-bond donors (Lipinski definition) is 1. The molecule has 1 atom stereocenters. The standard InChI is InChI=1S/C24H28N2O2/c1-28-22-5-3-2-4-19(22)16-8-10-18(11-9-16)24(27)23-20(17-6-7-17)12-13-26-15-25-14-21(23)26/h2-5,12-18,24,27H,6-11H2,1H3/t16?,18?,24-/m1/s1. The predicted molar refractivity (Wildman–Crippen MR) is 110 cm³/mol. The number of nitrogens with zero attached hydrogens (tertiary/aromatic N) is 2. The Hall–Kier alpha value is -2.33. The van der Waals surface area contributed by atoms with E-state index in [4.69, 9.17) is 4.74 Å². The fourth-order valence-corrected chi connectivity index (χ4v) is 5.09. The average Bonchev–Trinajstić information content (AvgIpc) is 3.49. The lowest BCUT2D eigenvalue weighted by Crippen LogP contribution is -2.21. The van der Waals surface area contributed by atoms with E-state index in [0.717, 1.165) is 42.5 Å². The highest BCUT2D eigenvalue weighted by Crippen LogP contribution is 2.48. The van der Waals surface area contributed by atoms with Gasteiger partial charge in [0.1, 0.15) is 5.75 Å². The van der Waals surface area contributed by atoms with Crippen molar-refractivity contribution in [2.75, 3.05) is 7.11 Å². The van der Waals surface area contributed by atoms with E-state index >= 15 is 0 Å². The van der Waals surface area contributed by atoms with Crippen molar-refractivity contribution in [2.24, 2.45) is 5.92 Å². The Bertz CT molecular complexity index is 968. The van der Waals surface area contributed by atoms with Crippen molar-refractivity contribution in [3.8, 4) is 5.75 Å². The van der Waals surface area contributed by atoms with Crippen LogP contribution in [0.15, 0.2) is 49.1 Å². The molecule has 2 saturated carbocycles. The van der Waals surface area contributed by atoms with Crippen LogP contribution in [0, 0.1) is 5.92 Å². The zero-order chi connectivity index (χ0) is 19.1. The lowest BCUT2D eigenvalue weighted by Gasteiger charge is -2.33. The molecule has 1 aromatic carbocycles. The number of para-hydroxylation sites is 1. The third-order valence-corrected chi connectivity index (χ3v) is 6.78. The molecule has 0 unspecified atom stereocenters. The molecule has 0 bridgehead atoms. The SMILES string of the molecule is COc1ccccc1C1CCC([C@@H](O)c2c(C3CC3)ccn3cncc23)CC1. The number of methoxy groups -OCH3 is 1. The Morgan fingerprint density at radius 3 is 2.46 bits per heavy atom. The van der Waals surface area contributed by atoms with E-state index in [2.05, 4.69) is 35.4 Å². The van der Waals surface area contributed by atoms with Gasteiger partial charge in [-0.05, 0) is 79.5 Å². The van der Waals surface area contributed by atoms with Gasteiger partial charge in [0, 0.05) is 11.8 Å². The molecular weight excluding hydrogens is 348 g/mol. The summed E-state index contributed by atoms with van der Waals surface area (Å²) >= 11 is 0. The zero-order valence-electron chi connectivity index (χ0n) is 16.4. The number of pyridine rings is 1. The maximum absolute atomic E-state index is 11.4. The first-order chi connectivity index (χ1) is 13.8. The third kappa shape index (κ3) is 3.10. The molecule has 146 valence electrons. The summed E-state index contributed by atoms with van der Waals surface area (Å²) in [5.41, 5.74) is 4.86. The van der Waals surface area contributed by atoms with Crippen LogP contribution in [0.2, 0.25) is 0 Å². The molecule has 3 aromatic rings. The normalized spacial score (nSPS) is 23.6. The van der Waals surface area contributed by atoms with Gasteiger partial charge in [-0.2, -0.15) is 0 Å². The smallest absolute Gasteiger partial charge is 0.122 e. The van der Waals surface area contributed by atoms with Crippen molar-refractivity contribution in [3.63, 3.8) is 0 Å². The average molecular weight is 377 g/mol. The van der Waals surface area contributed by atoms with Gasteiger partial charge in [-0.25, -0.2) is 4.98 Å². The molecule has 2 fully saturated rings. The first-order valence-corrected chi connectivity index (χ1v) is 10.5. The highest BCUT2D eigenvalue weighted by Gasteiger charge is 2.34. The number of fused-ring (bicyclic) bond motifs is 1. The lowest BCUT2D eigenvalue weighted by molar-refractivity contribution is 0.0808. The van der Waals surface area contributed by atoms with Crippen LogP contribution < -0.4 is 4.74 Å². The van der Waals surface area contributed by atoms with Crippen molar-refractivity contribution in [3.05, 3.63) is 65.7 Å². The van der Waals surface area contributed by atoms with E-state index in [0.29, 0.717) is 17.8 Å². The van der Waals surface area contributed by atoms with Crippen LogP contribution in [0.5, 0.6) is 5.75 Å². The summed E-state index contributed by atoms with van der Waals surface area (Å²) in [6, 6.07) is 10.6. The first-order valence-electron chi connectivity index (χ1n) is 10.5. The van der Waals surface area contributed by atoms with Crippen molar-refractivity contribution >= 4 is 5.52 Å². The fourth-order valence-electron chi connectivity index (χ4n) is 5.09. The summed E-state index contributed by atoms with van der Waals surface area (Å²) in [6.07, 6.45) is 12.2. The summed E-state index contributed by atoms with van der Waals surface area (Å²) < 4.78 is 7.62. The second-order valence-electron chi connectivity index (χ2n) is 8.44. The van der Waals surface area contributed by atoms with Crippen LogP contribution in [-0.2, 0) is 0 Å². The molecule has 28 heavy (non-hydrogen) atoms. The van der Waals surface area contributed by atoms with Gasteiger partial charge < -0.3 is 14.2 Å².